The fourth-order valence-electron chi connectivity index (χ4n) is 0.648. The van der Waals surface area contributed by atoms with Crippen molar-refractivity contribution in [3.63, 3.8) is 0 Å². The van der Waals surface area contributed by atoms with Crippen molar-refractivity contribution in [2.75, 3.05) is 0 Å². The Labute approximate surface area is 88.6 Å². The van der Waals surface area contributed by atoms with E-state index < -0.39 is 11.9 Å². The topological polar surface area (TPSA) is 32.9 Å². The molecular formula is C6H3BrF2INO. The molecule has 1 N–H and O–H groups in total. The van der Waals surface area contributed by atoms with Crippen LogP contribution in [0, 0.1) is 3.70 Å². The van der Waals surface area contributed by atoms with E-state index in [2.05, 4.69) is 20.9 Å². The molecule has 2 nitrogen and oxygen atoms in total. The van der Waals surface area contributed by atoms with Crippen LogP contribution in [-0.2, 0) is 0 Å². The van der Waals surface area contributed by atoms with E-state index in [9.17, 15) is 13.6 Å². The number of aromatic amines is 1. The molecule has 12 heavy (non-hydrogen) atoms. The lowest BCUT2D eigenvalue weighted by Crippen LogP contribution is -2.07. The molecule has 0 bridgehead atoms. The summed E-state index contributed by atoms with van der Waals surface area (Å²) in [4.78, 5) is 13.4. The Hall–Kier alpha value is 0.0200. The maximum atomic E-state index is 12.1. The highest BCUT2D eigenvalue weighted by Crippen LogP contribution is 2.18. The molecule has 0 unspecified atom stereocenters. The summed E-state index contributed by atoms with van der Waals surface area (Å²) in [6.45, 7) is 0. The summed E-state index contributed by atoms with van der Waals surface area (Å²) in [7, 11) is 0. The molecule has 1 aromatic rings. The molecule has 0 aromatic carbocycles. The summed E-state index contributed by atoms with van der Waals surface area (Å²) in [5.74, 6) is 0. The molecule has 0 saturated heterocycles. The van der Waals surface area contributed by atoms with Crippen LogP contribution in [0.15, 0.2) is 15.3 Å². The second-order valence-corrected chi connectivity index (χ2v) is 3.89. The maximum Gasteiger partial charge on any atom is 0.278 e. The average molecular weight is 350 g/mol. The van der Waals surface area contributed by atoms with E-state index >= 15 is 0 Å². The minimum Gasteiger partial charge on any atom is -0.348 e. The van der Waals surface area contributed by atoms with Crippen LogP contribution >= 0.6 is 38.5 Å². The largest absolute Gasteiger partial charge is 0.348 e. The Morgan fingerprint density at radius 3 is 2.58 bits per heavy atom. The van der Waals surface area contributed by atoms with Crippen LogP contribution in [0.1, 0.15) is 12.1 Å². The highest BCUT2D eigenvalue weighted by Gasteiger charge is 2.11. The molecule has 0 aliphatic heterocycles. The van der Waals surface area contributed by atoms with E-state index in [0.717, 1.165) is 6.07 Å². The molecule has 0 amide bonds. The van der Waals surface area contributed by atoms with Crippen LogP contribution in [0.2, 0.25) is 0 Å². The van der Waals surface area contributed by atoms with Crippen LogP contribution in [-0.4, -0.2) is 4.98 Å². The van der Waals surface area contributed by atoms with E-state index in [1.165, 1.54) is 0 Å². The lowest BCUT2D eigenvalue weighted by atomic mass is 10.3. The predicted molar refractivity (Wildman–Crippen MR) is 52.4 cm³/mol. The number of hydrogen-bond donors (Lipinski definition) is 1. The Bertz CT molecular complexity index is 352. The number of H-pyrrole nitrogens is 1. The summed E-state index contributed by atoms with van der Waals surface area (Å²) in [6, 6.07) is 0.886. The summed E-state index contributed by atoms with van der Waals surface area (Å²) < 4.78 is 24.8. The van der Waals surface area contributed by atoms with Crippen molar-refractivity contribution in [1.82, 2.24) is 4.98 Å². The Balaban J connectivity index is 3.31. The van der Waals surface area contributed by atoms with Crippen LogP contribution < -0.4 is 5.43 Å². The van der Waals surface area contributed by atoms with Crippen molar-refractivity contribution in [3.8, 4) is 0 Å². The summed E-state index contributed by atoms with van der Waals surface area (Å²) in [5.41, 5.74) is -0.791. The second-order valence-electron chi connectivity index (χ2n) is 2.02. The third kappa shape index (κ3) is 2.03. The molecule has 0 aliphatic carbocycles. The molecule has 1 aromatic heterocycles. The number of aromatic nitrogens is 1. The first-order chi connectivity index (χ1) is 5.52. The zero-order valence-electron chi connectivity index (χ0n) is 5.57. The fraction of sp³-hybridized carbons (Fsp3) is 0.167. The van der Waals surface area contributed by atoms with Crippen LogP contribution in [0.25, 0.3) is 0 Å². The SMILES string of the molecule is O=c1cc(C(F)F)[nH]c(I)c1Br. The minimum atomic E-state index is -2.64. The molecule has 0 fully saturated rings. The van der Waals surface area contributed by atoms with E-state index in [-0.39, 0.29) is 10.2 Å². The van der Waals surface area contributed by atoms with E-state index in [1.807, 2.05) is 0 Å². The van der Waals surface area contributed by atoms with Crippen molar-refractivity contribution < 1.29 is 8.78 Å². The highest BCUT2D eigenvalue weighted by atomic mass is 127. The molecule has 1 heterocycles. The van der Waals surface area contributed by atoms with E-state index in [0.29, 0.717) is 3.70 Å². The number of rotatable bonds is 1. The number of hydrogen-bond acceptors (Lipinski definition) is 1. The van der Waals surface area contributed by atoms with Gasteiger partial charge in [-0.15, -0.1) is 0 Å². The van der Waals surface area contributed by atoms with Gasteiger partial charge < -0.3 is 4.98 Å². The van der Waals surface area contributed by atoms with Crippen molar-refractivity contribution in [2.45, 2.75) is 6.43 Å². The van der Waals surface area contributed by atoms with Gasteiger partial charge >= 0.3 is 0 Å². The van der Waals surface area contributed by atoms with Gasteiger partial charge in [-0.3, -0.25) is 4.79 Å². The first-order valence-electron chi connectivity index (χ1n) is 2.88. The number of pyridine rings is 1. The second kappa shape index (κ2) is 3.82. The fourth-order valence-corrected chi connectivity index (χ4v) is 1.44. The number of halogens is 4. The zero-order chi connectivity index (χ0) is 9.30. The summed E-state index contributed by atoms with van der Waals surface area (Å²) in [6.07, 6.45) is -2.64. The molecule has 0 aliphatic rings. The van der Waals surface area contributed by atoms with Gasteiger partial charge in [0.2, 0.25) is 0 Å². The molecule has 6 heteroatoms. The summed E-state index contributed by atoms with van der Waals surface area (Å²) >= 11 is 4.74. The Morgan fingerprint density at radius 1 is 1.58 bits per heavy atom. The number of alkyl halides is 2. The lowest BCUT2D eigenvalue weighted by Gasteiger charge is -2.01. The van der Waals surface area contributed by atoms with Crippen LogP contribution in [0.4, 0.5) is 8.78 Å². The third-order valence-corrected chi connectivity index (χ3v) is 3.52. The van der Waals surface area contributed by atoms with Gasteiger partial charge in [0.15, 0.2) is 5.43 Å². The van der Waals surface area contributed by atoms with Crippen molar-refractivity contribution in [1.29, 1.82) is 0 Å². The zero-order valence-corrected chi connectivity index (χ0v) is 9.32. The van der Waals surface area contributed by atoms with Gasteiger partial charge in [0.25, 0.3) is 6.43 Å². The van der Waals surface area contributed by atoms with Gasteiger partial charge in [0.05, 0.1) is 13.9 Å². The summed E-state index contributed by atoms with van der Waals surface area (Å²) in [5, 5.41) is 0. The maximum absolute atomic E-state index is 12.1. The van der Waals surface area contributed by atoms with Gasteiger partial charge in [-0.05, 0) is 38.5 Å². The van der Waals surface area contributed by atoms with Gasteiger partial charge in [-0.1, -0.05) is 0 Å². The standard InChI is InChI=1S/C6H3BrF2INO/c7-4-3(12)1-2(5(8)9)11-6(4)10/h1,5H,(H,11,12). The van der Waals surface area contributed by atoms with E-state index in [1.54, 1.807) is 22.6 Å². The van der Waals surface area contributed by atoms with Gasteiger partial charge in [-0.25, -0.2) is 8.78 Å². The van der Waals surface area contributed by atoms with Gasteiger partial charge in [0, 0.05) is 6.07 Å². The molecular weight excluding hydrogens is 347 g/mol. The smallest absolute Gasteiger partial charge is 0.278 e. The normalized spacial score (nSPS) is 10.8. The average Bonchev–Trinajstić information content (AvgIpc) is 1.99. The van der Waals surface area contributed by atoms with Gasteiger partial charge in [-0.2, -0.15) is 0 Å². The Morgan fingerprint density at radius 2 is 2.17 bits per heavy atom. The first-order valence-corrected chi connectivity index (χ1v) is 4.76. The lowest BCUT2D eigenvalue weighted by molar-refractivity contribution is 0.145. The van der Waals surface area contributed by atoms with Crippen molar-refractivity contribution in [2.24, 2.45) is 0 Å². The highest BCUT2D eigenvalue weighted by molar-refractivity contribution is 14.1. The Kier molecular flexibility index (Phi) is 3.22. The van der Waals surface area contributed by atoms with Crippen LogP contribution in [0.3, 0.4) is 0 Å². The molecule has 1 rings (SSSR count). The van der Waals surface area contributed by atoms with Crippen molar-refractivity contribution >= 4 is 38.5 Å². The van der Waals surface area contributed by atoms with Crippen molar-refractivity contribution in [3.05, 3.63) is 30.2 Å². The van der Waals surface area contributed by atoms with Crippen LogP contribution in [0.5, 0.6) is 0 Å². The molecule has 0 saturated carbocycles. The molecule has 0 radical (unpaired) electrons. The predicted octanol–water partition coefficient (Wildman–Crippen LogP) is 2.68. The molecule has 0 spiro atoms. The monoisotopic (exact) mass is 349 g/mol. The molecule has 0 atom stereocenters. The third-order valence-electron chi connectivity index (χ3n) is 1.18. The van der Waals surface area contributed by atoms with Gasteiger partial charge in [0.1, 0.15) is 0 Å². The number of nitrogens with one attached hydrogen (secondary N) is 1. The molecule has 66 valence electrons. The quantitative estimate of drug-likeness (QED) is 0.613. The first kappa shape index (κ1) is 10.1. The minimum absolute atomic E-state index is 0.285. The van der Waals surface area contributed by atoms with E-state index in [4.69, 9.17) is 0 Å².